The van der Waals surface area contributed by atoms with E-state index in [1.807, 2.05) is 0 Å². The number of amides is 1. The SMILES string of the molecule is O=Cc1ccccc1OCC(=O)Nc1cccc([N+](=O)[O-])c1. The van der Waals surface area contributed by atoms with Crippen LogP contribution in [0.15, 0.2) is 48.5 Å². The van der Waals surface area contributed by atoms with E-state index in [9.17, 15) is 19.7 Å². The summed E-state index contributed by atoms with van der Waals surface area (Å²) in [6.07, 6.45) is 0.633. The average Bonchev–Trinajstić information content (AvgIpc) is 2.53. The van der Waals surface area contributed by atoms with Crippen molar-refractivity contribution in [1.82, 2.24) is 0 Å². The number of ether oxygens (including phenoxy) is 1. The van der Waals surface area contributed by atoms with Crippen LogP contribution >= 0.6 is 0 Å². The molecule has 2 aromatic carbocycles. The lowest BCUT2D eigenvalue weighted by atomic mass is 10.2. The van der Waals surface area contributed by atoms with Crippen molar-refractivity contribution < 1.29 is 19.2 Å². The fourth-order valence-electron chi connectivity index (χ4n) is 1.75. The average molecular weight is 300 g/mol. The minimum absolute atomic E-state index is 0.120. The number of nitrogens with one attached hydrogen (secondary N) is 1. The third-order valence-electron chi connectivity index (χ3n) is 2.75. The largest absolute Gasteiger partial charge is 0.483 e. The second-order valence-corrected chi connectivity index (χ2v) is 4.30. The summed E-state index contributed by atoms with van der Waals surface area (Å²) in [5.74, 6) is -0.187. The Hall–Kier alpha value is -3.22. The fourth-order valence-corrected chi connectivity index (χ4v) is 1.75. The molecule has 0 atom stereocenters. The molecule has 0 aliphatic rings. The number of anilines is 1. The first-order valence-corrected chi connectivity index (χ1v) is 6.31. The molecule has 0 fully saturated rings. The van der Waals surface area contributed by atoms with Crippen molar-refractivity contribution in [1.29, 1.82) is 0 Å². The van der Waals surface area contributed by atoms with Crippen LogP contribution in [0.25, 0.3) is 0 Å². The van der Waals surface area contributed by atoms with Crippen LogP contribution in [-0.2, 0) is 4.79 Å². The maximum Gasteiger partial charge on any atom is 0.271 e. The summed E-state index contributed by atoms with van der Waals surface area (Å²) in [5, 5.41) is 13.1. The standard InChI is InChI=1S/C15H12N2O5/c18-9-11-4-1-2-7-14(11)22-10-15(19)16-12-5-3-6-13(8-12)17(20)21/h1-9H,10H2,(H,16,19). The number of carbonyl (C=O) groups is 2. The van der Waals surface area contributed by atoms with Crippen LogP contribution in [0.4, 0.5) is 11.4 Å². The van der Waals surface area contributed by atoms with E-state index in [0.29, 0.717) is 23.3 Å². The Kier molecular flexibility index (Phi) is 4.81. The highest BCUT2D eigenvalue weighted by Gasteiger charge is 2.09. The number of benzene rings is 2. The molecule has 0 saturated heterocycles. The van der Waals surface area contributed by atoms with Gasteiger partial charge in [0.1, 0.15) is 5.75 Å². The Bertz CT molecular complexity index is 715. The van der Waals surface area contributed by atoms with E-state index in [1.165, 1.54) is 24.3 Å². The minimum atomic E-state index is -0.549. The van der Waals surface area contributed by atoms with Gasteiger partial charge in [0.05, 0.1) is 10.5 Å². The first-order chi connectivity index (χ1) is 10.6. The van der Waals surface area contributed by atoms with E-state index >= 15 is 0 Å². The van der Waals surface area contributed by atoms with Gasteiger partial charge in [-0.25, -0.2) is 0 Å². The van der Waals surface area contributed by atoms with Crippen molar-refractivity contribution in [2.45, 2.75) is 0 Å². The molecule has 0 unspecified atom stereocenters. The molecule has 7 nitrogen and oxygen atoms in total. The van der Waals surface area contributed by atoms with Gasteiger partial charge >= 0.3 is 0 Å². The van der Waals surface area contributed by atoms with Crippen molar-refractivity contribution in [3.05, 3.63) is 64.2 Å². The van der Waals surface area contributed by atoms with Crippen molar-refractivity contribution >= 4 is 23.6 Å². The second-order valence-electron chi connectivity index (χ2n) is 4.30. The summed E-state index contributed by atoms with van der Waals surface area (Å²) in [6, 6.07) is 12.1. The molecule has 1 amide bonds. The summed E-state index contributed by atoms with van der Waals surface area (Å²) in [7, 11) is 0. The van der Waals surface area contributed by atoms with Crippen molar-refractivity contribution in [2.24, 2.45) is 0 Å². The molecule has 2 aromatic rings. The summed E-state index contributed by atoms with van der Waals surface area (Å²) < 4.78 is 5.26. The predicted octanol–water partition coefficient (Wildman–Crippen LogP) is 2.42. The van der Waals surface area contributed by atoms with Gasteiger partial charge in [0.2, 0.25) is 0 Å². The van der Waals surface area contributed by atoms with Crippen molar-refractivity contribution in [2.75, 3.05) is 11.9 Å². The van der Waals surface area contributed by atoms with Gasteiger partial charge < -0.3 is 10.1 Å². The van der Waals surface area contributed by atoms with Crippen LogP contribution in [0, 0.1) is 10.1 Å². The smallest absolute Gasteiger partial charge is 0.271 e. The zero-order chi connectivity index (χ0) is 15.9. The first-order valence-electron chi connectivity index (χ1n) is 6.31. The number of nitro benzene ring substituents is 1. The topological polar surface area (TPSA) is 98.5 Å². The third kappa shape index (κ3) is 3.89. The zero-order valence-electron chi connectivity index (χ0n) is 11.4. The van der Waals surface area contributed by atoms with Crippen LogP contribution in [0.3, 0.4) is 0 Å². The van der Waals surface area contributed by atoms with Gasteiger partial charge in [0.15, 0.2) is 12.9 Å². The Morgan fingerprint density at radius 1 is 1.23 bits per heavy atom. The lowest BCUT2D eigenvalue weighted by Gasteiger charge is -2.08. The van der Waals surface area contributed by atoms with E-state index < -0.39 is 10.8 Å². The van der Waals surface area contributed by atoms with Crippen LogP contribution in [-0.4, -0.2) is 23.7 Å². The first kappa shape index (κ1) is 15.2. The van der Waals surface area contributed by atoms with E-state index in [4.69, 9.17) is 4.74 Å². The number of rotatable bonds is 6. The number of hydrogen-bond acceptors (Lipinski definition) is 5. The van der Waals surface area contributed by atoms with Gasteiger partial charge in [-0.05, 0) is 18.2 Å². The summed E-state index contributed by atoms with van der Waals surface area (Å²) in [6.45, 7) is -0.312. The highest BCUT2D eigenvalue weighted by molar-refractivity contribution is 5.92. The normalized spacial score (nSPS) is 9.82. The fraction of sp³-hybridized carbons (Fsp3) is 0.0667. The molecule has 0 spiro atoms. The molecule has 0 heterocycles. The Balaban J connectivity index is 1.97. The van der Waals surface area contributed by atoms with E-state index in [2.05, 4.69) is 5.32 Å². The van der Waals surface area contributed by atoms with Crippen molar-refractivity contribution in [3.63, 3.8) is 0 Å². The molecule has 1 N–H and O–H groups in total. The number of carbonyl (C=O) groups excluding carboxylic acids is 2. The number of hydrogen-bond donors (Lipinski definition) is 1. The molecular formula is C15H12N2O5. The molecule has 0 bridgehead atoms. The lowest BCUT2D eigenvalue weighted by Crippen LogP contribution is -2.20. The Morgan fingerprint density at radius 2 is 2.00 bits per heavy atom. The minimum Gasteiger partial charge on any atom is -0.483 e. The molecule has 7 heteroatoms. The third-order valence-corrected chi connectivity index (χ3v) is 2.75. The molecule has 22 heavy (non-hydrogen) atoms. The number of para-hydroxylation sites is 1. The predicted molar refractivity (Wildman–Crippen MR) is 79.1 cm³/mol. The maximum absolute atomic E-state index is 11.8. The van der Waals surface area contributed by atoms with Crippen molar-refractivity contribution in [3.8, 4) is 5.75 Å². The van der Waals surface area contributed by atoms with Gasteiger partial charge in [-0.2, -0.15) is 0 Å². The number of nitrogens with zero attached hydrogens (tertiary/aromatic N) is 1. The highest BCUT2D eigenvalue weighted by atomic mass is 16.6. The Labute approximate surface area is 125 Å². The van der Waals surface area contributed by atoms with Gasteiger partial charge in [0, 0.05) is 17.8 Å². The van der Waals surface area contributed by atoms with Crippen LogP contribution in [0.1, 0.15) is 10.4 Å². The van der Waals surface area contributed by atoms with Gasteiger partial charge in [-0.3, -0.25) is 19.7 Å². The molecule has 0 aliphatic carbocycles. The van der Waals surface area contributed by atoms with Gasteiger partial charge in [-0.15, -0.1) is 0 Å². The molecule has 0 saturated carbocycles. The maximum atomic E-state index is 11.8. The van der Waals surface area contributed by atoms with Crippen LogP contribution in [0.5, 0.6) is 5.75 Å². The number of aldehydes is 1. The second kappa shape index (κ2) is 6.98. The summed E-state index contributed by atoms with van der Waals surface area (Å²) in [5.41, 5.74) is 0.516. The molecule has 112 valence electrons. The zero-order valence-corrected chi connectivity index (χ0v) is 11.4. The molecule has 0 aliphatic heterocycles. The van der Waals surface area contributed by atoms with E-state index in [-0.39, 0.29) is 12.3 Å². The lowest BCUT2D eigenvalue weighted by molar-refractivity contribution is -0.384. The molecule has 0 aromatic heterocycles. The Morgan fingerprint density at radius 3 is 2.73 bits per heavy atom. The van der Waals surface area contributed by atoms with E-state index in [1.54, 1.807) is 24.3 Å². The molecule has 0 radical (unpaired) electrons. The van der Waals surface area contributed by atoms with Crippen LogP contribution < -0.4 is 10.1 Å². The van der Waals surface area contributed by atoms with Gasteiger partial charge in [-0.1, -0.05) is 18.2 Å². The van der Waals surface area contributed by atoms with Crippen LogP contribution in [0.2, 0.25) is 0 Å². The summed E-state index contributed by atoms with van der Waals surface area (Å²) >= 11 is 0. The van der Waals surface area contributed by atoms with E-state index in [0.717, 1.165) is 0 Å². The van der Waals surface area contributed by atoms with Gasteiger partial charge in [0.25, 0.3) is 11.6 Å². The number of nitro groups is 1. The number of non-ortho nitro benzene ring substituents is 1. The molecule has 2 rings (SSSR count). The monoisotopic (exact) mass is 300 g/mol. The molecular weight excluding hydrogens is 288 g/mol. The quantitative estimate of drug-likeness (QED) is 0.502. The summed E-state index contributed by atoms with van der Waals surface area (Å²) in [4.78, 5) is 32.7. The highest BCUT2D eigenvalue weighted by Crippen LogP contribution is 2.18.